The van der Waals surface area contributed by atoms with E-state index in [-0.39, 0.29) is 12.2 Å². The number of rotatable bonds is 3. The molecule has 5 rings (SSSR count). The Hall–Kier alpha value is -3.39. The number of amides is 1. The molecule has 1 N–H and O–H groups in total. The summed E-state index contributed by atoms with van der Waals surface area (Å²) < 4.78 is 13.0. The first-order chi connectivity index (χ1) is 15.0. The van der Waals surface area contributed by atoms with Crippen LogP contribution in [0.3, 0.4) is 0 Å². The molecule has 8 heteroatoms. The molecule has 160 valence electrons. The van der Waals surface area contributed by atoms with E-state index >= 15 is 0 Å². The van der Waals surface area contributed by atoms with Gasteiger partial charge in [-0.1, -0.05) is 6.07 Å². The number of fused-ring (bicyclic) bond motifs is 2. The molecule has 1 atom stereocenters. The lowest BCUT2D eigenvalue weighted by Gasteiger charge is -2.32. The van der Waals surface area contributed by atoms with Crippen LogP contribution in [0, 0.1) is 13.8 Å². The maximum absolute atomic E-state index is 12.0. The number of hydrogen-bond donors (Lipinski definition) is 1. The number of imidazole rings is 2. The molecule has 1 amide bonds. The number of hydrogen-bond acceptors (Lipinski definition) is 5. The number of aryl methyl sites for hydroxylation is 2. The number of pyridine rings is 1. The van der Waals surface area contributed by atoms with Crippen molar-refractivity contribution in [2.24, 2.45) is 0 Å². The molecule has 4 aromatic rings. The lowest BCUT2D eigenvalue weighted by Crippen LogP contribution is -2.46. The van der Waals surface area contributed by atoms with Gasteiger partial charge in [-0.3, -0.25) is 0 Å². The SMILES string of the molecule is COC(=O)N1CCO[C@@H](Cc2c(-c3ccc4nc(C)[nH]c4c3)nc3cc(C)ccn23)C1. The number of carbonyl (C=O) groups excluding carboxylic acids is 1. The van der Waals surface area contributed by atoms with E-state index in [0.29, 0.717) is 26.1 Å². The molecule has 0 aliphatic carbocycles. The van der Waals surface area contributed by atoms with E-state index in [9.17, 15) is 4.79 Å². The molecule has 3 aromatic heterocycles. The highest BCUT2D eigenvalue weighted by molar-refractivity contribution is 5.82. The molecule has 1 fully saturated rings. The predicted octanol–water partition coefficient (Wildman–Crippen LogP) is 3.50. The summed E-state index contributed by atoms with van der Waals surface area (Å²) in [4.78, 5) is 26.5. The van der Waals surface area contributed by atoms with E-state index < -0.39 is 0 Å². The molecule has 0 spiro atoms. The monoisotopic (exact) mass is 419 g/mol. The van der Waals surface area contributed by atoms with Crippen LogP contribution in [0.2, 0.25) is 0 Å². The zero-order valence-corrected chi connectivity index (χ0v) is 17.9. The van der Waals surface area contributed by atoms with Gasteiger partial charge in [-0.15, -0.1) is 0 Å². The first-order valence-corrected chi connectivity index (χ1v) is 10.4. The predicted molar refractivity (Wildman–Crippen MR) is 117 cm³/mol. The van der Waals surface area contributed by atoms with Crippen molar-refractivity contribution in [1.82, 2.24) is 24.3 Å². The first kappa shape index (κ1) is 19.6. The second kappa shape index (κ2) is 7.70. The Labute approximate surface area is 179 Å². The minimum Gasteiger partial charge on any atom is -0.453 e. The largest absolute Gasteiger partial charge is 0.453 e. The van der Waals surface area contributed by atoms with Gasteiger partial charge >= 0.3 is 6.09 Å². The highest BCUT2D eigenvalue weighted by Crippen LogP contribution is 2.29. The number of aromatic nitrogens is 4. The van der Waals surface area contributed by atoms with Gasteiger partial charge in [-0.05, 0) is 43.7 Å². The topological polar surface area (TPSA) is 84.7 Å². The molecule has 31 heavy (non-hydrogen) atoms. The van der Waals surface area contributed by atoms with Gasteiger partial charge in [0, 0.05) is 24.7 Å². The zero-order chi connectivity index (χ0) is 21.5. The van der Waals surface area contributed by atoms with Gasteiger partial charge in [0.15, 0.2) is 0 Å². The molecule has 0 saturated carbocycles. The quantitative estimate of drug-likeness (QED) is 0.549. The third-order valence-corrected chi connectivity index (χ3v) is 5.75. The Balaban J connectivity index is 1.56. The Bertz CT molecular complexity index is 1280. The lowest BCUT2D eigenvalue weighted by atomic mass is 10.0. The zero-order valence-electron chi connectivity index (χ0n) is 17.9. The number of carbonyl (C=O) groups is 1. The summed E-state index contributed by atoms with van der Waals surface area (Å²) in [7, 11) is 1.41. The van der Waals surface area contributed by atoms with Crippen molar-refractivity contribution in [3.63, 3.8) is 0 Å². The average molecular weight is 419 g/mol. The Morgan fingerprint density at radius 1 is 1.26 bits per heavy atom. The molecule has 8 nitrogen and oxygen atoms in total. The smallest absolute Gasteiger partial charge is 0.409 e. The minimum atomic E-state index is -0.317. The van der Waals surface area contributed by atoms with Crippen LogP contribution in [0.5, 0.6) is 0 Å². The van der Waals surface area contributed by atoms with Crippen molar-refractivity contribution in [1.29, 1.82) is 0 Å². The second-order valence-corrected chi connectivity index (χ2v) is 8.01. The standard InChI is InChI=1S/C23H25N5O3/c1-14-6-7-28-20(12-17-13-27(8-9-31-17)23(29)30-3)22(26-21(28)10-14)16-4-5-18-19(11-16)25-15(2)24-18/h4-7,10-11,17H,8-9,12-13H2,1-3H3,(H,24,25)/t17-/m0/s1. The molecule has 1 aliphatic rings. The number of H-pyrrole nitrogens is 1. The van der Waals surface area contributed by atoms with Crippen LogP contribution in [0.15, 0.2) is 36.5 Å². The summed E-state index contributed by atoms with van der Waals surface area (Å²) in [6.07, 6.45) is 2.23. The van der Waals surface area contributed by atoms with Gasteiger partial charge in [0.2, 0.25) is 0 Å². The number of nitrogens with zero attached hydrogens (tertiary/aromatic N) is 4. The summed E-state index contributed by atoms with van der Waals surface area (Å²) in [6, 6.07) is 10.3. The number of aromatic amines is 1. The normalized spacial score (nSPS) is 16.9. The summed E-state index contributed by atoms with van der Waals surface area (Å²) in [6.45, 7) is 5.53. The van der Waals surface area contributed by atoms with Crippen molar-refractivity contribution in [2.45, 2.75) is 26.4 Å². The van der Waals surface area contributed by atoms with E-state index in [1.807, 2.05) is 13.0 Å². The fourth-order valence-electron chi connectivity index (χ4n) is 4.26. The molecular weight excluding hydrogens is 394 g/mol. The highest BCUT2D eigenvalue weighted by atomic mass is 16.5. The number of benzene rings is 1. The van der Waals surface area contributed by atoms with E-state index in [1.54, 1.807) is 4.90 Å². The van der Waals surface area contributed by atoms with Crippen LogP contribution in [0.25, 0.3) is 27.9 Å². The van der Waals surface area contributed by atoms with Crippen molar-refractivity contribution in [2.75, 3.05) is 26.8 Å². The van der Waals surface area contributed by atoms with Gasteiger partial charge in [0.05, 0.1) is 48.8 Å². The van der Waals surface area contributed by atoms with Crippen molar-refractivity contribution in [3.05, 3.63) is 53.6 Å². The van der Waals surface area contributed by atoms with E-state index in [0.717, 1.165) is 45.0 Å². The van der Waals surface area contributed by atoms with Crippen LogP contribution < -0.4 is 0 Å². The van der Waals surface area contributed by atoms with Crippen LogP contribution in [-0.2, 0) is 15.9 Å². The summed E-state index contributed by atoms with van der Waals surface area (Å²) in [5.74, 6) is 0.886. The molecule has 1 saturated heterocycles. The summed E-state index contributed by atoms with van der Waals surface area (Å²) in [5.41, 5.74) is 6.97. The van der Waals surface area contributed by atoms with E-state index in [4.69, 9.17) is 14.5 Å². The molecule has 0 radical (unpaired) electrons. The van der Waals surface area contributed by atoms with Crippen LogP contribution in [0.1, 0.15) is 17.1 Å². The number of ether oxygens (including phenoxy) is 2. The van der Waals surface area contributed by atoms with Crippen molar-refractivity contribution in [3.8, 4) is 11.3 Å². The third kappa shape index (κ3) is 3.63. The number of nitrogens with one attached hydrogen (secondary N) is 1. The van der Waals surface area contributed by atoms with Crippen LogP contribution in [-0.4, -0.2) is 63.3 Å². The fraction of sp³-hybridized carbons (Fsp3) is 0.348. The lowest BCUT2D eigenvalue weighted by molar-refractivity contribution is -0.0241. The molecule has 1 aromatic carbocycles. The maximum atomic E-state index is 12.0. The van der Waals surface area contributed by atoms with Gasteiger partial charge in [-0.2, -0.15) is 0 Å². The van der Waals surface area contributed by atoms with Crippen LogP contribution in [0.4, 0.5) is 4.79 Å². The molecule has 0 unspecified atom stereocenters. The Morgan fingerprint density at radius 2 is 2.13 bits per heavy atom. The average Bonchev–Trinajstić information content (AvgIpc) is 3.31. The molecule has 1 aliphatic heterocycles. The molecule has 0 bridgehead atoms. The van der Waals surface area contributed by atoms with Gasteiger partial charge in [0.25, 0.3) is 0 Å². The number of morpholine rings is 1. The molecule has 4 heterocycles. The highest BCUT2D eigenvalue weighted by Gasteiger charge is 2.27. The third-order valence-electron chi connectivity index (χ3n) is 5.75. The van der Waals surface area contributed by atoms with Gasteiger partial charge < -0.3 is 23.8 Å². The van der Waals surface area contributed by atoms with Crippen molar-refractivity contribution < 1.29 is 14.3 Å². The summed E-state index contributed by atoms with van der Waals surface area (Å²) >= 11 is 0. The minimum absolute atomic E-state index is 0.133. The Morgan fingerprint density at radius 3 is 2.97 bits per heavy atom. The first-order valence-electron chi connectivity index (χ1n) is 10.4. The summed E-state index contributed by atoms with van der Waals surface area (Å²) in [5, 5.41) is 0. The van der Waals surface area contributed by atoms with E-state index in [1.165, 1.54) is 7.11 Å². The van der Waals surface area contributed by atoms with Crippen molar-refractivity contribution >= 4 is 22.8 Å². The maximum Gasteiger partial charge on any atom is 0.409 e. The molecular formula is C23H25N5O3. The number of methoxy groups -OCH3 is 1. The second-order valence-electron chi connectivity index (χ2n) is 8.01. The Kier molecular flexibility index (Phi) is 4.86. The van der Waals surface area contributed by atoms with E-state index in [2.05, 4.69) is 51.8 Å². The fourth-order valence-corrected chi connectivity index (χ4v) is 4.26. The van der Waals surface area contributed by atoms with Crippen LogP contribution >= 0.6 is 0 Å². The van der Waals surface area contributed by atoms with Gasteiger partial charge in [-0.25, -0.2) is 14.8 Å². The van der Waals surface area contributed by atoms with Gasteiger partial charge in [0.1, 0.15) is 11.5 Å².